The topological polar surface area (TPSA) is 340 Å². The molecule has 8 atom stereocenters. The number of aliphatic carboxylic acids is 5. The monoisotopic (exact) mass is 1250 g/mol. The van der Waals surface area contributed by atoms with Crippen molar-refractivity contribution in [2.45, 2.75) is 123 Å². The van der Waals surface area contributed by atoms with Gasteiger partial charge in [0, 0.05) is 38.0 Å². The number of carboxylic acid groups (broad SMARTS) is 5. The maximum atomic E-state index is 13.9. The Bertz CT molecular complexity index is 2580. The van der Waals surface area contributed by atoms with Gasteiger partial charge in [0.1, 0.15) is 0 Å². The zero-order valence-corrected chi connectivity index (χ0v) is 49.2. The molecule has 8 unspecified atom stereocenters. The van der Waals surface area contributed by atoms with Crippen LogP contribution in [0.3, 0.4) is 0 Å². The van der Waals surface area contributed by atoms with Crippen LogP contribution in [0.25, 0.3) is 0 Å². The first-order chi connectivity index (χ1) is 40.9. The van der Waals surface area contributed by atoms with Gasteiger partial charge in [-0.2, -0.15) is 26.3 Å². The molecule has 22 nitrogen and oxygen atoms in total. The minimum absolute atomic E-state index is 0.0104. The van der Waals surface area contributed by atoms with Crippen LogP contribution in [0.2, 0.25) is 0 Å². The van der Waals surface area contributed by atoms with Crippen molar-refractivity contribution in [3.05, 3.63) is 69.8 Å². The average molecular weight is 1250 g/mol. The molecule has 0 aliphatic heterocycles. The lowest BCUT2D eigenvalue weighted by molar-refractivity contribution is -0.173. The van der Waals surface area contributed by atoms with Crippen LogP contribution in [0.5, 0.6) is 0 Å². The fraction of sp³-hybridized carbons (Fsp3) is 0.644. The highest BCUT2D eigenvalue weighted by Gasteiger charge is 2.40. The van der Waals surface area contributed by atoms with Gasteiger partial charge in [0.15, 0.2) is 0 Å². The van der Waals surface area contributed by atoms with E-state index in [2.05, 4.69) is 10.6 Å². The number of nitrogens with one attached hydrogen (secondary N) is 4. The molecule has 0 saturated heterocycles. The Hall–Kier alpha value is -6.91. The number of ether oxygens (including phenoxy) is 4. The largest absolute Gasteiger partial charge is 0.481 e. The first kappa shape index (κ1) is 74.3. The molecule has 0 bridgehead atoms. The quantitative estimate of drug-likeness (QED) is 0.0275. The van der Waals surface area contributed by atoms with E-state index >= 15 is 0 Å². The number of carbonyl (C=O) groups excluding carboxylic acids is 4. The Balaban J connectivity index is 1.79. The lowest BCUT2D eigenvalue weighted by Crippen LogP contribution is -2.39. The molecule has 9 N–H and O–H groups in total. The molecule has 0 fully saturated rings. The fourth-order valence-electron chi connectivity index (χ4n) is 10.2. The number of carboxylic acids is 5. The summed E-state index contributed by atoms with van der Waals surface area (Å²) in [5, 5.41) is 59.4. The molecule has 4 amide bonds. The summed E-state index contributed by atoms with van der Waals surface area (Å²) in [6, 6.07) is 11.6. The van der Waals surface area contributed by atoms with E-state index in [1.807, 2.05) is 36.4 Å². The van der Waals surface area contributed by atoms with Crippen LogP contribution in [-0.4, -0.2) is 170 Å². The lowest BCUT2D eigenvalue weighted by Gasteiger charge is -2.28. The third-order valence-corrected chi connectivity index (χ3v) is 15.2. The second kappa shape index (κ2) is 37.1. The Morgan fingerprint density at radius 1 is 0.391 bits per heavy atom. The number of benzene rings is 2. The number of amides is 4. The number of fused-ring (bicyclic) bond motifs is 2. The summed E-state index contributed by atoms with van der Waals surface area (Å²) in [7, 11) is 0. The molecule has 488 valence electrons. The van der Waals surface area contributed by atoms with Crippen LogP contribution in [0.1, 0.15) is 118 Å². The van der Waals surface area contributed by atoms with E-state index in [0.717, 1.165) is 27.8 Å². The van der Waals surface area contributed by atoms with Crippen molar-refractivity contribution in [1.82, 2.24) is 21.3 Å². The first-order valence-electron chi connectivity index (χ1n) is 28.8. The lowest BCUT2D eigenvalue weighted by atomic mass is 9.76. The van der Waals surface area contributed by atoms with Gasteiger partial charge in [-0.05, 0) is 116 Å². The molecule has 3 rings (SSSR count). The van der Waals surface area contributed by atoms with E-state index in [4.69, 9.17) is 18.9 Å². The van der Waals surface area contributed by atoms with E-state index in [9.17, 15) is 95.0 Å². The van der Waals surface area contributed by atoms with Gasteiger partial charge >= 0.3 is 54.0 Å². The zero-order valence-electron chi connectivity index (χ0n) is 49.2. The first-order valence-corrected chi connectivity index (χ1v) is 28.8. The van der Waals surface area contributed by atoms with Gasteiger partial charge < -0.3 is 65.7 Å². The molecule has 0 spiro atoms. The molecule has 0 aromatic heterocycles. The van der Waals surface area contributed by atoms with Gasteiger partial charge in [-0.25, -0.2) is 0 Å². The molecule has 0 radical (unpaired) electrons. The number of aryl methyl sites for hydroxylation is 4. The third kappa shape index (κ3) is 27.4. The van der Waals surface area contributed by atoms with E-state index in [1.165, 1.54) is 13.8 Å². The van der Waals surface area contributed by atoms with Crippen molar-refractivity contribution in [2.75, 3.05) is 79.0 Å². The van der Waals surface area contributed by atoms with E-state index in [1.54, 1.807) is 24.5 Å². The van der Waals surface area contributed by atoms with Crippen molar-refractivity contribution in [2.24, 2.45) is 41.4 Å². The number of hydrogen-bond donors (Lipinski definition) is 9. The van der Waals surface area contributed by atoms with E-state index < -0.39 is 139 Å². The molecule has 1 aliphatic rings. The van der Waals surface area contributed by atoms with Crippen LogP contribution in [0, 0.1) is 41.4 Å². The summed E-state index contributed by atoms with van der Waals surface area (Å²) in [6.45, 7) is 4.25. The summed E-state index contributed by atoms with van der Waals surface area (Å²) in [4.78, 5) is 111. The molecule has 0 heterocycles. The van der Waals surface area contributed by atoms with Gasteiger partial charge in [0.05, 0.1) is 82.4 Å². The van der Waals surface area contributed by atoms with Crippen LogP contribution in [0.4, 0.5) is 26.3 Å². The average Bonchev–Trinajstić information content (AvgIpc) is 2.56. The zero-order chi connectivity index (χ0) is 65.0. The second-order valence-electron chi connectivity index (χ2n) is 22.0. The van der Waals surface area contributed by atoms with Crippen LogP contribution in [-0.2, 0) is 87.8 Å². The molecule has 2 aromatic carbocycles. The minimum Gasteiger partial charge on any atom is -0.481 e. The molecular weight excluding hydrogens is 1170 g/mol. The highest BCUT2D eigenvalue weighted by molar-refractivity contribution is 5.83. The SMILES string of the molecule is CC(CC(CC(C)C(=O)O)c1ccc2c(c1)CCc1ccc(C(CC(C)C(=O)O)CC(CC(CC(CC(C)C(=O)NCCOCCOCCNC(=O)C(F)(F)F)C(=O)NCCOCCOCCNC(=O)C(F)(F)F)C(=O)O)C(=O)O)cc1CC2)C(=O)O. The predicted octanol–water partition coefficient (Wildman–Crippen LogP) is 5.94. The molecule has 1 aliphatic carbocycles. The van der Waals surface area contributed by atoms with Crippen molar-refractivity contribution >= 4 is 53.5 Å². The fourth-order valence-corrected chi connectivity index (χ4v) is 10.2. The number of halogens is 6. The van der Waals surface area contributed by atoms with Gasteiger partial charge in [-0.1, -0.05) is 64.1 Å². The van der Waals surface area contributed by atoms with Crippen molar-refractivity contribution in [3.63, 3.8) is 0 Å². The molecule has 0 saturated carbocycles. The standard InChI is InChI=1S/C59H82F6N4O18/c1-34(49(70)66-13-17-84-21-23-86-19-15-68-56(82)58(60,61)62)25-46(50(71)67-14-18-85-22-24-87-20-16-69-57(83)59(63,64)65)32-48(55(80)81)33-47(54(78)79)31-45(28-37(4)53(76)77)43-12-8-39-5-9-40-29-42(11-7-38(40)6-10-41(39)30-43)44(26-35(2)51(72)73)27-36(3)52(74)75/h7-8,11-12,29-30,34-37,44-48H,5-6,9-10,13-28,31-33H2,1-4H3,(H,66,70)(H,67,71)(H,68,82)(H,69,83)(H,72,73)(H,74,75)(H,76,77)(H,78,79)(H,80,81). The van der Waals surface area contributed by atoms with Crippen LogP contribution in [0.15, 0.2) is 36.4 Å². The Labute approximate surface area is 500 Å². The smallest absolute Gasteiger partial charge is 0.471 e. The molecule has 87 heavy (non-hydrogen) atoms. The highest BCUT2D eigenvalue weighted by Crippen LogP contribution is 2.38. The molecule has 2 aromatic rings. The van der Waals surface area contributed by atoms with Gasteiger partial charge in [0.2, 0.25) is 11.8 Å². The number of carbonyl (C=O) groups is 9. The van der Waals surface area contributed by atoms with Crippen molar-refractivity contribution in [1.29, 1.82) is 0 Å². The van der Waals surface area contributed by atoms with Crippen LogP contribution >= 0.6 is 0 Å². The summed E-state index contributed by atoms with van der Waals surface area (Å²) in [5.41, 5.74) is 5.52. The van der Waals surface area contributed by atoms with Crippen LogP contribution < -0.4 is 21.3 Å². The Morgan fingerprint density at radius 2 is 0.713 bits per heavy atom. The second-order valence-corrected chi connectivity index (χ2v) is 22.0. The summed E-state index contributed by atoms with van der Waals surface area (Å²) < 4.78 is 95.3. The maximum Gasteiger partial charge on any atom is 0.471 e. The Morgan fingerprint density at radius 3 is 1.07 bits per heavy atom. The number of hydrogen-bond acceptors (Lipinski definition) is 13. The summed E-state index contributed by atoms with van der Waals surface area (Å²) in [6.07, 6.45) is -8.63. The maximum absolute atomic E-state index is 13.9. The normalized spacial score (nSPS) is 15.7. The minimum atomic E-state index is -5.06. The van der Waals surface area contributed by atoms with Gasteiger partial charge in [-0.15, -0.1) is 0 Å². The molecular formula is C59H82F6N4O18. The van der Waals surface area contributed by atoms with E-state index in [0.29, 0.717) is 31.2 Å². The van der Waals surface area contributed by atoms with Crippen molar-refractivity contribution < 1.29 is 114 Å². The molecule has 28 heteroatoms. The van der Waals surface area contributed by atoms with Gasteiger partial charge in [-0.3, -0.25) is 43.2 Å². The number of rotatable bonds is 41. The number of alkyl halides is 6. The van der Waals surface area contributed by atoms with Crippen molar-refractivity contribution in [3.8, 4) is 0 Å². The van der Waals surface area contributed by atoms with E-state index in [-0.39, 0.29) is 104 Å². The van der Waals surface area contributed by atoms with Gasteiger partial charge in [0.25, 0.3) is 0 Å². The Kier molecular flexibility index (Phi) is 31.7. The highest BCUT2D eigenvalue weighted by atomic mass is 19.4. The predicted molar refractivity (Wildman–Crippen MR) is 298 cm³/mol. The third-order valence-electron chi connectivity index (χ3n) is 15.2. The summed E-state index contributed by atoms with van der Waals surface area (Å²) in [5.74, 6) is -19.8. The summed E-state index contributed by atoms with van der Waals surface area (Å²) >= 11 is 0.